The van der Waals surface area contributed by atoms with Crippen LogP contribution in [0.1, 0.15) is 5.56 Å². The van der Waals surface area contributed by atoms with Crippen molar-refractivity contribution in [3.8, 4) is 5.75 Å². The summed E-state index contributed by atoms with van der Waals surface area (Å²) in [7, 11) is 1.49. The van der Waals surface area contributed by atoms with Gasteiger partial charge in [-0.2, -0.15) is 0 Å². The largest absolute Gasteiger partial charge is 0.495 e. The lowest BCUT2D eigenvalue weighted by Gasteiger charge is -2.11. The molecule has 2 amide bonds. The molecular weight excluding hydrogens is 304 g/mol. The third-order valence-electron chi connectivity index (χ3n) is 3.08. The Bertz CT molecular complexity index is 716. The molecular formula is C16H15ClN2O3. The number of carbonyl (C=O) groups excluding carboxylic acids is 2. The Morgan fingerprint density at radius 2 is 1.55 bits per heavy atom. The van der Waals surface area contributed by atoms with Gasteiger partial charge in [0.2, 0.25) is 0 Å². The molecule has 2 rings (SSSR count). The number of halogens is 1. The first-order valence-electron chi connectivity index (χ1n) is 6.53. The molecule has 0 fully saturated rings. The fourth-order valence-electron chi connectivity index (χ4n) is 1.85. The van der Waals surface area contributed by atoms with Crippen LogP contribution in [-0.4, -0.2) is 18.9 Å². The van der Waals surface area contributed by atoms with E-state index in [1.807, 2.05) is 0 Å². The molecule has 0 atom stereocenters. The van der Waals surface area contributed by atoms with Crippen LogP contribution < -0.4 is 15.4 Å². The average Bonchev–Trinajstić information content (AvgIpc) is 2.52. The van der Waals surface area contributed by atoms with Gasteiger partial charge in [-0.1, -0.05) is 29.8 Å². The Hall–Kier alpha value is -2.53. The number of nitrogens with one attached hydrogen (secondary N) is 2. The zero-order valence-corrected chi connectivity index (χ0v) is 12.9. The second kappa shape index (κ2) is 6.95. The smallest absolute Gasteiger partial charge is 0.314 e. The van der Waals surface area contributed by atoms with Crippen molar-refractivity contribution >= 4 is 34.8 Å². The Labute approximate surface area is 133 Å². The zero-order valence-electron chi connectivity index (χ0n) is 12.1. The summed E-state index contributed by atoms with van der Waals surface area (Å²) in [5.74, 6) is -1.09. The molecule has 6 heteroatoms. The molecule has 2 aromatic carbocycles. The van der Waals surface area contributed by atoms with Gasteiger partial charge in [0.25, 0.3) is 0 Å². The third-order valence-corrected chi connectivity index (χ3v) is 3.49. The minimum Gasteiger partial charge on any atom is -0.495 e. The van der Waals surface area contributed by atoms with Crippen LogP contribution in [0.3, 0.4) is 0 Å². The number of methoxy groups -OCH3 is 1. The maximum absolute atomic E-state index is 12.0. The molecule has 0 aliphatic rings. The summed E-state index contributed by atoms with van der Waals surface area (Å²) in [6.07, 6.45) is 0. The van der Waals surface area contributed by atoms with E-state index in [0.717, 1.165) is 0 Å². The monoisotopic (exact) mass is 318 g/mol. The number of ether oxygens (including phenoxy) is 1. The molecule has 0 saturated carbocycles. The molecule has 0 aliphatic heterocycles. The number of amides is 2. The van der Waals surface area contributed by atoms with Crippen molar-refractivity contribution in [2.24, 2.45) is 0 Å². The molecule has 0 bridgehead atoms. The van der Waals surface area contributed by atoms with Crippen molar-refractivity contribution in [1.82, 2.24) is 0 Å². The quantitative estimate of drug-likeness (QED) is 0.854. The lowest BCUT2D eigenvalue weighted by Crippen LogP contribution is -2.29. The molecule has 0 heterocycles. The first kappa shape index (κ1) is 15.9. The lowest BCUT2D eigenvalue weighted by atomic mass is 10.2. The van der Waals surface area contributed by atoms with Crippen molar-refractivity contribution in [1.29, 1.82) is 0 Å². The average molecular weight is 319 g/mol. The van der Waals surface area contributed by atoms with E-state index in [0.29, 0.717) is 27.7 Å². The van der Waals surface area contributed by atoms with Gasteiger partial charge >= 0.3 is 11.8 Å². The second-order valence-corrected chi connectivity index (χ2v) is 4.93. The Morgan fingerprint density at radius 3 is 2.23 bits per heavy atom. The minimum absolute atomic E-state index is 0.424. The highest BCUT2D eigenvalue weighted by molar-refractivity contribution is 6.44. The third kappa shape index (κ3) is 3.56. The molecule has 114 valence electrons. The van der Waals surface area contributed by atoms with Crippen LogP contribution in [0.15, 0.2) is 42.5 Å². The topological polar surface area (TPSA) is 67.4 Å². The molecule has 0 saturated heterocycles. The van der Waals surface area contributed by atoms with E-state index in [1.54, 1.807) is 49.4 Å². The Morgan fingerprint density at radius 1 is 0.955 bits per heavy atom. The molecule has 22 heavy (non-hydrogen) atoms. The molecule has 0 aliphatic carbocycles. The Balaban J connectivity index is 2.10. The van der Waals surface area contributed by atoms with Gasteiger partial charge in [-0.05, 0) is 36.8 Å². The Kier molecular flexibility index (Phi) is 5.01. The van der Waals surface area contributed by atoms with Crippen LogP contribution in [0, 0.1) is 6.92 Å². The van der Waals surface area contributed by atoms with Gasteiger partial charge in [0.15, 0.2) is 0 Å². The van der Waals surface area contributed by atoms with Gasteiger partial charge in [-0.15, -0.1) is 0 Å². The maximum Gasteiger partial charge on any atom is 0.314 e. The van der Waals surface area contributed by atoms with E-state index < -0.39 is 11.8 Å². The van der Waals surface area contributed by atoms with Gasteiger partial charge in [0.05, 0.1) is 12.8 Å². The molecule has 0 radical (unpaired) electrons. The van der Waals surface area contributed by atoms with E-state index in [2.05, 4.69) is 10.6 Å². The molecule has 0 spiro atoms. The predicted molar refractivity (Wildman–Crippen MR) is 86.4 cm³/mol. The molecule has 2 aromatic rings. The number of hydrogen-bond donors (Lipinski definition) is 2. The van der Waals surface area contributed by atoms with E-state index in [-0.39, 0.29) is 0 Å². The minimum atomic E-state index is -0.788. The number of rotatable bonds is 3. The van der Waals surface area contributed by atoms with Crippen molar-refractivity contribution < 1.29 is 14.3 Å². The van der Waals surface area contributed by atoms with Crippen LogP contribution in [0.2, 0.25) is 5.02 Å². The summed E-state index contributed by atoms with van der Waals surface area (Å²) in [5.41, 5.74) is 1.61. The fraction of sp³-hybridized carbons (Fsp3) is 0.125. The van der Waals surface area contributed by atoms with Crippen LogP contribution in [0.4, 0.5) is 11.4 Å². The molecule has 5 nitrogen and oxygen atoms in total. The normalized spacial score (nSPS) is 9.95. The first-order chi connectivity index (χ1) is 10.5. The van der Waals surface area contributed by atoms with Crippen LogP contribution in [0.5, 0.6) is 5.75 Å². The standard InChI is InChI=1S/C16H15ClN2O3/c1-10-11(17)6-5-8-12(10)18-15(20)16(21)19-13-7-3-4-9-14(13)22-2/h3-9H,1-2H3,(H,18,20)(H,19,21). The van der Waals surface area contributed by atoms with Gasteiger partial charge in [-0.3, -0.25) is 9.59 Å². The van der Waals surface area contributed by atoms with E-state index in [1.165, 1.54) is 7.11 Å². The number of anilines is 2. The van der Waals surface area contributed by atoms with Crippen molar-refractivity contribution in [2.75, 3.05) is 17.7 Å². The summed E-state index contributed by atoms with van der Waals surface area (Å²) < 4.78 is 5.12. The maximum atomic E-state index is 12.0. The van der Waals surface area contributed by atoms with Crippen molar-refractivity contribution in [2.45, 2.75) is 6.92 Å². The van der Waals surface area contributed by atoms with E-state index in [9.17, 15) is 9.59 Å². The van der Waals surface area contributed by atoms with E-state index in [4.69, 9.17) is 16.3 Å². The van der Waals surface area contributed by atoms with Crippen LogP contribution >= 0.6 is 11.6 Å². The zero-order chi connectivity index (χ0) is 16.1. The highest BCUT2D eigenvalue weighted by Crippen LogP contribution is 2.24. The van der Waals surface area contributed by atoms with Gasteiger partial charge in [0, 0.05) is 10.7 Å². The predicted octanol–water partition coefficient (Wildman–Crippen LogP) is 3.23. The molecule has 0 aromatic heterocycles. The summed E-state index contributed by atoms with van der Waals surface area (Å²) in [6.45, 7) is 1.76. The molecule has 2 N–H and O–H groups in total. The van der Waals surface area contributed by atoms with Gasteiger partial charge < -0.3 is 15.4 Å². The molecule has 0 unspecified atom stereocenters. The lowest BCUT2D eigenvalue weighted by molar-refractivity contribution is -0.133. The summed E-state index contributed by atoms with van der Waals surface area (Å²) in [5, 5.41) is 5.56. The summed E-state index contributed by atoms with van der Waals surface area (Å²) >= 11 is 5.98. The van der Waals surface area contributed by atoms with Gasteiger partial charge in [0.1, 0.15) is 5.75 Å². The first-order valence-corrected chi connectivity index (χ1v) is 6.91. The number of benzene rings is 2. The number of carbonyl (C=O) groups is 2. The van der Waals surface area contributed by atoms with Crippen LogP contribution in [-0.2, 0) is 9.59 Å². The van der Waals surface area contributed by atoms with E-state index >= 15 is 0 Å². The highest BCUT2D eigenvalue weighted by Gasteiger charge is 2.17. The second-order valence-electron chi connectivity index (χ2n) is 4.52. The SMILES string of the molecule is COc1ccccc1NC(=O)C(=O)Nc1cccc(Cl)c1C. The fourth-order valence-corrected chi connectivity index (χ4v) is 2.02. The number of hydrogen-bond acceptors (Lipinski definition) is 3. The van der Waals surface area contributed by atoms with Crippen LogP contribution in [0.25, 0.3) is 0 Å². The highest BCUT2D eigenvalue weighted by atomic mass is 35.5. The van der Waals surface area contributed by atoms with Crippen molar-refractivity contribution in [3.05, 3.63) is 53.1 Å². The summed E-state index contributed by atoms with van der Waals surface area (Å²) in [6, 6.07) is 11.9. The number of para-hydroxylation sites is 2. The summed E-state index contributed by atoms with van der Waals surface area (Å²) in [4.78, 5) is 23.9. The van der Waals surface area contributed by atoms with Crippen molar-refractivity contribution in [3.63, 3.8) is 0 Å². The van der Waals surface area contributed by atoms with Gasteiger partial charge in [-0.25, -0.2) is 0 Å².